The van der Waals surface area contributed by atoms with Crippen LogP contribution in [-0.2, 0) is 17.8 Å². The highest BCUT2D eigenvalue weighted by Gasteiger charge is 2.49. The van der Waals surface area contributed by atoms with Crippen LogP contribution in [0.5, 0.6) is 0 Å². The first-order valence-corrected chi connectivity index (χ1v) is 10.5. The summed E-state index contributed by atoms with van der Waals surface area (Å²) in [7, 11) is 0. The van der Waals surface area contributed by atoms with Gasteiger partial charge < -0.3 is 10.2 Å². The number of rotatable bonds is 8. The number of hydrogen-bond donors (Lipinski definition) is 1. The van der Waals surface area contributed by atoms with E-state index in [1.807, 2.05) is 49.0 Å². The fraction of sp³-hybridized carbons (Fsp3) is 0.375. The highest BCUT2D eigenvalue weighted by molar-refractivity contribution is 5.86. The van der Waals surface area contributed by atoms with Gasteiger partial charge in [0.15, 0.2) is 0 Å². The SMILES string of the molecule is Cc1cc(N2CC(Cc3ccccc3)(C(=O)NCCCn3cccn3)C2)cc(C)n1. The number of pyridine rings is 1. The maximum atomic E-state index is 13.3. The van der Waals surface area contributed by atoms with Crippen LogP contribution in [0.2, 0.25) is 0 Å². The van der Waals surface area contributed by atoms with E-state index in [0.29, 0.717) is 6.54 Å². The van der Waals surface area contributed by atoms with Gasteiger partial charge in [-0.1, -0.05) is 30.3 Å². The molecule has 1 saturated heterocycles. The summed E-state index contributed by atoms with van der Waals surface area (Å²) >= 11 is 0. The van der Waals surface area contributed by atoms with Crippen molar-refractivity contribution < 1.29 is 4.79 Å². The third kappa shape index (κ3) is 4.53. The highest BCUT2D eigenvalue weighted by Crippen LogP contribution is 2.38. The van der Waals surface area contributed by atoms with Crippen LogP contribution in [0.1, 0.15) is 23.4 Å². The second-order valence-electron chi connectivity index (χ2n) is 8.29. The zero-order chi connectivity index (χ0) is 21.0. The van der Waals surface area contributed by atoms with Gasteiger partial charge >= 0.3 is 0 Å². The van der Waals surface area contributed by atoms with E-state index in [0.717, 1.165) is 49.6 Å². The molecule has 3 aromatic rings. The van der Waals surface area contributed by atoms with Crippen LogP contribution in [-0.4, -0.2) is 40.3 Å². The molecule has 6 heteroatoms. The number of nitrogens with zero attached hydrogens (tertiary/aromatic N) is 4. The van der Waals surface area contributed by atoms with Crippen molar-refractivity contribution >= 4 is 11.6 Å². The number of hydrogen-bond acceptors (Lipinski definition) is 4. The molecule has 0 unspecified atom stereocenters. The minimum Gasteiger partial charge on any atom is -0.369 e. The summed E-state index contributed by atoms with van der Waals surface area (Å²) in [5.41, 5.74) is 3.96. The number of benzene rings is 1. The molecule has 1 fully saturated rings. The van der Waals surface area contributed by atoms with Crippen LogP contribution in [0, 0.1) is 19.3 Å². The minimum absolute atomic E-state index is 0.144. The Morgan fingerprint density at radius 3 is 2.50 bits per heavy atom. The molecule has 0 radical (unpaired) electrons. The van der Waals surface area contributed by atoms with Crippen LogP contribution in [0.25, 0.3) is 0 Å². The van der Waals surface area contributed by atoms with E-state index in [2.05, 4.69) is 44.6 Å². The van der Waals surface area contributed by atoms with Crippen LogP contribution in [0.3, 0.4) is 0 Å². The van der Waals surface area contributed by atoms with Crippen molar-refractivity contribution in [3.05, 3.63) is 77.9 Å². The Morgan fingerprint density at radius 2 is 1.83 bits per heavy atom. The van der Waals surface area contributed by atoms with E-state index in [4.69, 9.17) is 0 Å². The molecule has 156 valence electrons. The van der Waals surface area contributed by atoms with Gasteiger partial charge in [-0.2, -0.15) is 5.10 Å². The first kappa shape index (κ1) is 20.1. The molecule has 0 saturated carbocycles. The molecule has 0 aliphatic carbocycles. The molecule has 1 amide bonds. The maximum absolute atomic E-state index is 13.3. The van der Waals surface area contributed by atoms with Gasteiger partial charge in [0.05, 0.1) is 5.41 Å². The van der Waals surface area contributed by atoms with E-state index >= 15 is 0 Å². The van der Waals surface area contributed by atoms with Gasteiger partial charge in [-0.15, -0.1) is 0 Å². The Bertz CT molecular complexity index is 958. The molecule has 1 aliphatic heterocycles. The molecule has 1 N–H and O–H groups in total. The fourth-order valence-corrected chi connectivity index (χ4v) is 4.25. The molecule has 0 bridgehead atoms. The van der Waals surface area contributed by atoms with Gasteiger partial charge in [-0.3, -0.25) is 14.5 Å². The van der Waals surface area contributed by atoms with Gasteiger partial charge in [-0.25, -0.2) is 0 Å². The average molecular weight is 404 g/mol. The fourth-order valence-electron chi connectivity index (χ4n) is 4.25. The lowest BCUT2D eigenvalue weighted by Gasteiger charge is -2.50. The molecule has 0 atom stereocenters. The van der Waals surface area contributed by atoms with E-state index in [1.165, 1.54) is 5.56 Å². The summed E-state index contributed by atoms with van der Waals surface area (Å²) in [6, 6.07) is 16.4. The standard InChI is InChI=1S/C24H29N5O/c1-19-14-22(15-20(2)27-19)28-17-24(18-28,16-21-8-4-3-5-9-21)23(30)25-10-6-12-29-13-7-11-26-29/h3-5,7-9,11,13-15H,6,10,12,16-18H2,1-2H3,(H,25,30). The number of aryl methyl sites for hydroxylation is 3. The summed E-state index contributed by atoms with van der Waals surface area (Å²) in [5.74, 6) is 0.144. The zero-order valence-electron chi connectivity index (χ0n) is 17.7. The van der Waals surface area contributed by atoms with E-state index < -0.39 is 5.41 Å². The lowest BCUT2D eigenvalue weighted by atomic mass is 9.73. The average Bonchev–Trinajstić information content (AvgIpc) is 3.21. The summed E-state index contributed by atoms with van der Waals surface area (Å²) < 4.78 is 1.89. The van der Waals surface area contributed by atoms with Crippen molar-refractivity contribution in [1.82, 2.24) is 20.1 Å². The van der Waals surface area contributed by atoms with Gasteiger partial charge in [0.25, 0.3) is 0 Å². The second kappa shape index (κ2) is 8.69. The first-order valence-electron chi connectivity index (χ1n) is 10.5. The maximum Gasteiger partial charge on any atom is 0.230 e. The predicted octanol–water partition coefficient (Wildman–Crippen LogP) is 3.15. The predicted molar refractivity (Wildman–Crippen MR) is 118 cm³/mol. The monoisotopic (exact) mass is 403 g/mol. The highest BCUT2D eigenvalue weighted by atomic mass is 16.2. The molecule has 1 aliphatic rings. The quantitative estimate of drug-likeness (QED) is 0.587. The third-order valence-electron chi connectivity index (χ3n) is 5.69. The topological polar surface area (TPSA) is 63.1 Å². The van der Waals surface area contributed by atoms with E-state index in [9.17, 15) is 4.79 Å². The normalized spacial score (nSPS) is 14.9. The molecule has 4 rings (SSSR count). The van der Waals surface area contributed by atoms with Gasteiger partial charge in [-0.05, 0) is 50.5 Å². The Labute approximate surface area is 177 Å². The molecular weight excluding hydrogens is 374 g/mol. The van der Waals surface area contributed by atoms with Crippen LogP contribution >= 0.6 is 0 Å². The molecule has 0 spiro atoms. The lowest BCUT2D eigenvalue weighted by molar-refractivity contribution is -0.132. The molecule has 1 aromatic carbocycles. The number of amides is 1. The third-order valence-corrected chi connectivity index (χ3v) is 5.69. The van der Waals surface area contributed by atoms with E-state index in [1.54, 1.807) is 6.20 Å². The van der Waals surface area contributed by atoms with Crippen LogP contribution < -0.4 is 10.2 Å². The summed E-state index contributed by atoms with van der Waals surface area (Å²) in [4.78, 5) is 20.0. The van der Waals surface area contributed by atoms with Gasteiger partial charge in [0.2, 0.25) is 5.91 Å². The Kier molecular flexibility index (Phi) is 5.84. The summed E-state index contributed by atoms with van der Waals surface area (Å²) in [6.07, 6.45) is 5.33. The van der Waals surface area contributed by atoms with Crippen molar-refractivity contribution in [3.8, 4) is 0 Å². The molecule has 6 nitrogen and oxygen atoms in total. The van der Waals surface area contributed by atoms with E-state index in [-0.39, 0.29) is 5.91 Å². The van der Waals surface area contributed by atoms with Crippen molar-refractivity contribution in [2.45, 2.75) is 33.2 Å². The first-order chi connectivity index (χ1) is 14.5. The number of aromatic nitrogens is 3. The van der Waals surface area contributed by atoms with Gasteiger partial charge in [0.1, 0.15) is 0 Å². The Balaban J connectivity index is 1.42. The number of nitrogens with one attached hydrogen (secondary N) is 1. The van der Waals surface area contributed by atoms with Crippen LogP contribution in [0.4, 0.5) is 5.69 Å². The molecular formula is C24H29N5O. The van der Waals surface area contributed by atoms with Crippen LogP contribution in [0.15, 0.2) is 60.9 Å². The molecule has 2 aromatic heterocycles. The Morgan fingerprint density at radius 1 is 1.10 bits per heavy atom. The molecule has 3 heterocycles. The Hall–Kier alpha value is -3.15. The van der Waals surface area contributed by atoms with Crippen molar-refractivity contribution in [2.75, 3.05) is 24.5 Å². The molecule has 30 heavy (non-hydrogen) atoms. The van der Waals surface area contributed by atoms with Crippen molar-refractivity contribution in [2.24, 2.45) is 5.41 Å². The van der Waals surface area contributed by atoms with Crippen molar-refractivity contribution in [3.63, 3.8) is 0 Å². The number of anilines is 1. The summed E-state index contributed by atoms with van der Waals surface area (Å²) in [5, 5.41) is 7.40. The number of carbonyl (C=O) groups excluding carboxylic acids is 1. The van der Waals surface area contributed by atoms with Crippen molar-refractivity contribution in [1.29, 1.82) is 0 Å². The smallest absolute Gasteiger partial charge is 0.230 e. The largest absolute Gasteiger partial charge is 0.369 e. The van der Waals surface area contributed by atoms with Gasteiger partial charge in [0, 0.05) is 55.6 Å². The zero-order valence-corrected chi connectivity index (χ0v) is 17.7. The summed E-state index contributed by atoms with van der Waals surface area (Å²) in [6.45, 7) is 6.93. The number of carbonyl (C=O) groups is 1. The lowest BCUT2D eigenvalue weighted by Crippen LogP contribution is -2.64. The minimum atomic E-state index is -0.405. The second-order valence-corrected chi connectivity index (χ2v) is 8.29.